The van der Waals surface area contributed by atoms with E-state index in [0.717, 1.165) is 38.9 Å². The van der Waals surface area contributed by atoms with Gasteiger partial charge < -0.3 is 0 Å². The summed E-state index contributed by atoms with van der Waals surface area (Å²) in [5.74, 6) is 0. The van der Waals surface area contributed by atoms with Crippen molar-refractivity contribution < 1.29 is 0 Å². The first-order valence-electron chi connectivity index (χ1n) is 12.4. The van der Waals surface area contributed by atoms with Gasteiger partial charge in [0.25, 0.3) is 0 Å². The lowest BCUT2D eigenvalue weighted by molar-refractivity contribution is 1.30. The molecule has 0 radical (unpaired) electrons. The lowest BCUT2D eigenvalue weighted by atomic mass is 9.95. The van der Waals surface area contributed by atoms with Crippen LogP contribution in [0.25, 0.3) is 75.3 Å². The van der Waals surface area contributed by atoms with Crippen molar-refractivity contribution in [2.75, 3.05) is 0 Å². The molecule has 0 saturated carbocycles. The standard InChI is InChI=1S/C34H20N2S/c1-2-10-22(11-3-1)32-34(36-33-23-12-5-4-9-21(23)17-19-28(33)35-32)26-15-8-14-25-24(26)18-20-30-31(25)27-13-6-7-16-29(27)37-30/h1-20H. The summed E-state index contributed by atoms with van der Waals surface area (Å²) in [4.78, 5) is 10.6. The Morgan fingerprint density at radius 1 is 0.459 bits per heavy atom. The van der Waals surface area contributed by atoms with Crippen molar-refractivity contribution in [1.29, 1.82) is 0 Å². The van der Waals surface area contributed by atoms with Crippen LogP contribution in [0.15, 0.2) is 121 Å². The van der Waals surface area contributed by atoms with E-state index in [-0.39, 0.29) is 0 Å². The zero-order chi connectivity index (χ0) is 24.3. The predicted octanol–water partition coefficient (Wildman–Crippen LogP) is 9.64. The van der Waals surface area contributed by atoms with Crippen LogP contribution in [0.1, 0.15) is 0 Å². The van der Waals surface area contributed by atoms with Gasteiger partial charge in [-0.15, -0.1) is 11.3 Å². The van der Waals surface area contributed by atoms with E-state index in [1.807, 2.05) is 17.4 Å². The number of nitrogens with zero attached hydrogens (tertiary/aromatic N) is 2. The summed E-state index contributed by atoms with van der Waals surface area (Å²) in [6, 6.07) is 42.9. The molecule has 0 amide bonds. The molecular formula is C34H20N2S. The van der Waals surface area contributed by atoms with Gasteiger partial charge in [0.2, 0.25) is 0 Å². The first-order valence-corrected chi connectivity index (χ1v) is 13.2. The van der Waals surface area contributed by atoms with E-state index in [1.165, 1.54) is 36.3 Å². The maximum absolute atomic E-state index is 5.37. The topological polar surface area (TPSA) is 25.8 Å². The Hall–Kier alpha value is -4.60. The maximum Gasteiger partial charge on any atom is 0.0979 e. The van der Waals surface area contributed by atoms with E-state index in [2.05, 4.69) is 115 Å². The normalized spacial score (nSPS) is 11.8. The fourth-order valence-corrected chi connectivity index (χ4v) is 6.68. The molecule has 2 heterocycles. The number of fused-ring (bicyclic) bond motifs is 8. The Balaban J connectivity index is 1.51. The van der Waals surface area contributed by atoms with E-state index in [4.69, 9.17) is 9.97 Å². The molecule has 3 heteroatoms. The summed E-state index contributed by atoms with van der Waals surface area (Å²) in [5, 5.41) is 7.38. The van der Waals surface area contributed by atoms with Crippen LogP contribution >= 0.6 is 11.3 Å². The van der Waals surface area contributed by atoms with Gasteiger partial charge >= 0.3 is 0 Å². The zero-order valence-electron chi connectivity index (χ0n) is 19.8. The van der Waals surface area contributed by atoms with Crippen LogP contribution in [0.5, 0.6) is 0 Å². The second-order valence-corrected chi connectivity index (χ2v) is 10.5. The summed E-state index contributed by atoms with van der Waals surface area (Å²) >= 11 is 1.85. The van der Waals surface area contributed by atoms with Gasteiger partial charge in [-0.3, -0.25) is 0 Å². The first-order chi connectivity index (χ1) is 18.3. The molecule has 8 aromatic rings. The van der Waals surface area contributed by atoms with Gasteiger partial charge in [-0.05, 0) is 34.4 Å². The summed E-state index contributed by atoms with van der Waals surface area (Å²) in [7, 11) is 0. The number of thiophene rings is 1. The quantitative estimate of drug-likeness (QED) is 0.226. The first kappa shape index (κ1) is 20.6. The third-order valence-electron chi connectivity index (χ3n) is 7.26. The van der Waals surface area contributed by atoms with E-state index in [1.54, 1.807) is 0 Å². The number of hydrogen-bond donors (Lipinski definition) is 0. The molecule has 0 fully saturated rings. The van der Waals surface area contributed by atoms with Crippen molar-refractivity contribution in [3.05, 3.63) is 121 Å². The van der Waals surface area contributed by atoms with Crippen LogP contribution in [0.2, 0.25) is 0 Å². The molecule has 37 heavy (non-hydrogen) atoms. The summed E-state index contributed by atoms with van der Waals surface area (Å²) in [5.41, 5.74) is 5.85. The lowest BCUT2D eigenvalue weighted by Crippen LogP contribution is -1.97. The second kappa shape index (κ2) is 7.95. The largest absolute Gasteiger partial charge is 0.244 e. The van der Waals surface area contributed by atoms with Crippen LogP contribution in [-0.4, -0.2) is 9.97 Å². The summed E-state index contributed by atoms with van der Waals surface area (Å²) in [6.07, 6.45) is 0. The monoisotopic (exact) mass is 488 g/mol. The molecule has 8 rings (SSSR count). The average Bonchev–Trinajstić information content (AvgIpc) is 3.36. The molecular weight excluding hydrogens is 468 g/mol. The molecule has 0 aliphatic carbocycles. The van der Waals surface area contributed by atoms with Gasteiger partial charge in [-0.25, -0.2) is 9.97 Å². The van der Waals surface area contributed by atoms with Gasteiger partial charge in [-0.1, -0.05) is 103 Å². The van der Waals surface area contributed by atoms with Crippen LogP contribution < -0.4 is 0 Å². The van der Waals surface area contributed by atoms with Gasteiger partial charge in [0.15, 0.2) is 0 Å². The van der Waals surface area contributed by atoms with E-state index >= 15 is 0 Å². The highest BCUT2D eigenvalue weighted by Crippen LogP contribution is 2.42. The zero-order valence-corrected chi connectivity index (χ0v) is 20.7. The summed E-state index contributed by atoms with van der Waals surface area (Å²) in [6.45, 7) is 0. The maximum atomic E-state index is 5.37. The van der Waals surface area contributed by atoms with Crippen LogP contribution in [-0.2, 0) is 0 Å². The minimum absolute atomic E-state index is 0.908. The third kappa shape index (κ3) is 3.11. The molecule has 2 nitrogen and oxygen atoms in total. The Labute approximate surface area is 217 Å². The molecule has 0 atom stereocenters. The molecule has 2 aromatic heterocycles. The number of aromatic nitrogens is 2. The molecule has 0 aliphatic rings. The molecule has 0 unspecified atom stereocenters. The van der Waals surface area contributed by atoms with Crippen molar-refractivity contribution in [2.24, 2.45) is 0 Å². The molecule has 0 bridgehead atoms. The number of rotatable bonds is 2. The molecule has 0 spiro atoms. The molecule has 172 valence electrons. The van der Waals surface area contributed by atoms with E-state index < -0.39 is 0 Å². The average molecular weight is 489 g/mol. The molecule has 0 aliphatic heterocycles. The van der Waals surface area contributed by atoms with Gasteiger partial charge in [0.1, 0.15) is 0 Å². The third-order valence-corrected chi connectivity index (χ3v) is 8.40. The smallest absolute Gasteiger partial charge is 0.0979 e. The van der Waals surface area contributed by atoms with E-state index in [0.29, 0.717) is 0 Å². The number of hydrogen-bond acceptors (Lipinski definition) is 3. The van der Waals surface area contributed by atoms with E-state index in [9.17, 15) is 0 Å². The highest BCUT2D eigenvalue weighted by atomic mass is 32.1. The van der Waals surface area contributed by atoms with Crippen LogP contribution in [0.4, 0.5) is 0 Å². The minimum atomic E-state index is 0.908. The lowest BCUT2D eigenvalue weighted by Gasteiger charge is -2.14. The fraction of sp³-hybridized carbons (Fsp3) is 0. The van der Waals surface area contributed by atoms with Crippen LogP contribution in [0, 0.1) is 0 Å². The highest BCUT2D eigenvalue weighted by Gasteiger charge is 2.18. The van der Waals surface area contributed by atoms with Crippen molar-refractivity contribution in [3.63, 3.8) is 0 Å². The van der Waals surface area contributed by atoms with Crippen molar-refractivity contribution in [3.8, 4) is 22.5 Å². The van der Waals surface area contributed by atoms with Crippen LogP contribution in [0.3, 0.4) is 0 Å². The minimum Gasteiger partial charge on any atom is -0.244 e. The van der Waals surface area contributed by atoms with Crippen molar-refractivity contribution in [2.45, 2.75) is 0 Å². The Bertz CT molecular complexity index is 2140. The fourth-order valence-electron chi connectivity index (χ4n) is 5.56. The SMILES string of the molecule is c1ccc(-c2nc3ccc4ccccc4c3nc2-c2cccc3c2ccc2sc4ccccc4c23)cc1. The molecule has 0 saturated heterocycles. The summed E-state index contributed by atoms with van der Waals surface area (Å²) < 4.78 is 2.63. The predicted molar refractivity (Wildman–Crippen MR) is 158 cm³/mol. The van der Waals surface area contributed by atoms with Crippen molar-refractivity contribution in [1.82, 2.24) is 9.97 Å². The van der Waals surface area contributed by atoms with Gasteiger partial charge in [-0.2, -0.15) is 0 Å². The van der Waals surface area contributed by atoms with Gasteiger partial charge in [0, 0.05) is 36.7 Å². The molecule has 6 aromatic carbocycles. The van der Waals surface area contributed by atoms with Gasteiger partial charge in [0.05, 0.1) is 22.4 Å². The highest BCUT2D eigenvalue weighted by molar-refractivity contribution is 7.26. The Kier molecular flexibility index (Phi) is 4.42. The van der Waals surface area contributed by atoms with Crippen molar-refractivity contribution >= 4 is 64.1 Å². The molecule has 0 N–H and O–H groups in total. The second-order valence-electron chi connectivity index (χ2n) is 9.38. The number of benzene rings is 6. The Morgan fingerprint density at radius 3 is 2.16 bits per heavy atom. The Morgan fingerprint density at radius 2 is 1.24 bits per heavy atom.